The van der Waals surface area contributed by atoms with Crippen molar-refractivity contribution in [3.8, 4) is 5.75 Å². The summed E-state index contributed by atoms with van der Waals surface area (Å²) in [5.41, 5.74) is 0. The zero-order valence-corrected chi connectivity index (χ0v) is 6.86. The average molecular weight is 194 g/mol. The number of hydrogen-bond acceptors (Lipinski definition) is 4. The first-order chi connectivity index (χ1) is 5.33. The Morgan fingerprint density at radius 3 is 2.00 bits per heavy atom. The third-order valence-corrected chi connectivity index (χ3v) is 1.53. The summed E-state index contributed by atoms with van der Waals surface area (Å²) in [7, 11) is -6.35. The predicted molar refractivity (Wildman–Crippen MR) is 41.8 cm³/mol. The second-order valence-electron chi connectivity index (χ2n) is 2.21. The molecule has 1 rings (SSSR count). The Hall–Kier alpha value is -0.740. The third kappa shape index (κ3) is 3.59. The molecule has 6 heteroatoms. The van der Waals surface area contributed by atoms with Crippen LogP contribution in [0.25, 0.3) is 0 Å². The molecule has 1 aromatic carbocycles. The predicted octanol–water partition coefficient (Wildman–Crippen LogP) is 1.14. The van der Waals surface area contributed by atoms with Gasteiger partial charge in [-0.1, -0.05) is 0 Å². The summed E-state index contributed by atoms with van der Waals surface area (Å²) in [6.07, 6.45) is 0. The molecule has 0 aromatic heterocycles. The summed E-state index contributed by atoms with van der Waals surface area (Å²) in [5, 5.41) is 0. The van der Waals surface area contributed by atoms with Gasteiger partial charge in [0, 0.05) is 0 Å². The van der Waals surface area contributed by atoms with Crippen LogP contribution in [0.15, 0.2) is 30.3 Å². The molecule has 0 fully saturated rings. The van der Waals surface area contributed by atoms with Crippen LogP contribution in [0.4, 0.5) is 4.20 Å². The molecule has 4 nitrogen and oxygen atoms in total. The van der Waals surface area contributed by atoms with Gasteiger partial charge in [-0.2, -0.15) is 0 Å². The zero-order chi connectivity index (χ0) is 9.27. The van der Waals surface area contributed by atoms with E-state index in [9.17, 15) is 4.20 Å². The van der Waals surface area contributed by atoms with Gasteiger partial charge >= 0.3 is 67.3 Å². The van der Waals surface area contributed by atoms with Gasteiger partial charge in [0.1, 0.15) is 0 Å². The molecule has 0 atom stereocenters. The van der Waals surface area contributed by atoms with Crippen molar-refractivity contribution in [1.82, 2.24) is 0 Å². The fourth-order valence-electron chi connectivity index (χ4n) is 0.663. The van der Waals surface area contributed by atoms with Gasteiger partial charge in [-0.05, 0) is 0 Å². The molecule has 0 amide bonds. The van der Waals surface area contributed by atoms with Gasteiger partial charge in [-0.15, -0.1) is 0 Å². The van der Waals surface area contributed by atoms with E-state index in [1.54, 1.807) is 6.07 Å². The maximum atomic E-state index is 12.3. The summed E-state index contributed by atoms with van der Waals surface area (Å²) in [5.74, 6) is -0.148. The van der Waals surface area contributed by atoms with Crippen molar-refractivity contribution in [2.75, 3.05) is 0 Å². The van der Waals surface area contributed by atoms with E-state index < -0.39 is 7.82 Å². The first-order valence-electron chi connectivity index (χ1n) is 3.07. The van der Waals surface area contributed by atoms with Crippen LogP contribution in [0, 0.1) is 0 Å². The normalized spacial score (nSPS) is 14.8. The molecule has 0 heterocycles. The van der Waals surface area contributed by atoms with Crippen LogP contribution in [0.5, 0.6) is 5.75 Å². The van der Waals surface area contributed by atoms with Gasteiger partial charge in [-0.25, -0.2) is 0 Å². The van der Waals surface area contributed by atoms with Gasteiger partial charge in [0.2, 0.25) is 0 Å². The maximum absolute atomic E-state index is 12.3. The van der Waals surface area contributed by atoms with Crippen molar-refractivity contribution < 1.29 is 23.4 Å². The first kappa shape index (κ1) is 9.35. The van der Waals surface area contributed by atoms with E-state index in [0.717, 1.165) is 0 Å². The SMILES string of the molecule is OP(O)(O)(F)Oc1ccccc1. The first-order valence-corrected chi connectivity index (χ1v) is 4.97. The molecule has 0 unspecified atom stereocenters. The Kier molecular flexibility index (Phi) is 2.06. The van der Waals surface area contributed by atoms with Gasteiger partial charge in [0.25, 0.3) is 0 Å². The van der Waals surface area contributed by atoms with Crippen molar-refractivity contribution in [2.45, 2.75) is 0 Å². The summed E-state index contributed by atoms with van der Waals surface area (Å²) in [4.78, 5) is 24.9. The zero-order valence-electron chi connectivity index (χ0n) is 5.96. The van der Waals surface area contributed by atoms with Gasteiger partial charge in [0.15, 0.2) is 0 Å². The van der Waals surface area contributed by atoms with Crippen molar-refractivity contribution in [2.24, 2.45) is 0 Å². The molecule has 0 saturated heterocycles. The van der Waals surface area contributed by atoms with Crippen LogP contribution in [0.2, 0.25) is 0 Å². The third-order valence-electron chi connectivity index (χ3n) is 1.01. The molecule has 0 aliphatic heterocycles. The molecule has 68 valence electrons. The van der Waals surface area contributed by atoms with Crippen LogP contribution < -0.4 is 4.52 Å². The molecule has 0 saturated carbocycles. The molecule has 0 aliphatic carbocycles. The molecule has 0 radical (unpaired) electrons. The number of para-hydroxylation sites is 1. The van der Waals surface area contributed by atoms with Gasteiger partial charge in [0.05, 0.1) is 0 Å². The fraction of sp³-hybridized carbons (Fsp3) is 0. The van der Waals surface area contributed by atoms with E-state index in [1.807, 2.05) is 0 Å². The Morgan fingerprint density at radius 1 is 1.08 bits per heavy atom. The molecule has 0 spiro atoms. The van der Waals surface area contributed by atoms with Gasteiger partial charge < -0.3 is 0 Å². The second-order valence-corrected chi connectivity index (χ2v) is 4.01. The minimum atomic E-state index is -6.35. The van der Waals surface area contributed by atoms with E-state index in [4.69, 9.17) is 14.7 Å². The molecular weight excluding hydrogens is 186 g/mol. The van der Waals surface area contributed by atoms with E-state index in [0.29, 0.717) is 0 Å². The number of halogens is 1. The summed E-state index contributed by atoms with van der Waals surface area (Å²) in [6, 6.07) is 7.19. The van der Waals surface area contributed by atoms with Gasteiger partial charge in [-0.3, -0.25) is 0 Å². The number of rotatable bonds is 2. The molecule has 0 bridgehead atoms. The van der Waals surface area contributed by atoms with Crippen molar-refractivity contribution in [1.29, 1.82) is 0 Å². The molecule has 1 aromatic rings. The Bertz CT molecular complexity index is 259. The van der Waals surface area contributed by atoms with Crippen molar-refractivity contribution >= 4 is 7.82 Å². The number of hydrogen-bond donors (Lipinski definition) is 3. The van der Waals surface area contributed by atoms with E-state index >= 15 is 0 Å². The summed E-state index contributed by atoms with van der Waals surface area (Å²) >= 11 is 0. The quantitative estimate of drug-likeness (QED) is 0.617. The summed E-state index contributed by atoms with van der Waals surface area (Å²) in [6.45, 7) is 0. The summed E-state index contributed by atoms with van der Waals surface area (Å²) < 4.78 is 16.3. The monoisotopic (exact) mass is 194 g/mol. The molecule has 0 aliphatic rings. The van der Waals surface area contributed by atoms with Crippen LogP contribution in [-0.2, 0) is 0 Å². The van der Waals surface area contributed by atoms with E-state index in [1.165, 1.54) is 24.3 Å². The minimum absolute atomic E-state index is 0.148. The van der Waals surface area contributed by atoms with Crippen molar-refractivity contribution in [3.63, 3.8) is 0 Å². The van der Waals surface area contributed by atoms with Crippen molar-refractivity contribution in [3.05, 3.63) is 30.3 Å². The van der Waals surface area contributed by atoms with E-state index in [2.05, 4.69) is 4.52 Å². The molecule has 12 heavy (non-hydrogen) atoms. The van der Waals surface area contributed by atoms with E-state index in [-0.39, 0.29) is 5.75 Å². The standard InChI is InChI=1S/C6H8FO4P/c7-12(8,9,10)11-6-4-2-1-3-5-6/h1-5,8-10H. The molecular formula is C6H8FO4P. The number of benzene rings is 1. The fourth-order valence-corrected chi connectivity index (χ4v) is 1.15. The van der Waals surface area contributed by atoms with Crippen LogP contribution in [0.3, 0.4) is 0 Å². The van der Waals surface area contributed by atoms with Crippen LogP contribution in [0.1, 0.15) is 0 Å². The van der Waals surface area contributed by atoms with Crippen LogP contribution in [-0.4, -0.2) is 14.7 Å². The average Bonchev–Trinajstić information content (AvgIpc) is 1.83. The second kappa shape index (κ2) is 2.64. The Balaban J connectivity index is 2.79. The Morgan fingerprint density at radius 2 is 1.58 bits per heavy atom. The van der Waals surface area contributed by atoms with Crippen LogP contribution >= 0.6 is 7.82 Å². The topological polar surface area (TPSA) is 69.9 Å². The Labute approximate surface area is 68.2 Å². The molecule has 3 N–H and O–H groups in total.